The summed E-state index contributed by atoms with van der Waals surface area (Å²) >= 11 is 0. The summed E-state index contributed by atoms with van der Waals surface area (Å²) in [6.07, 6.45) is 1.79. The summed E-state index contributed by atoms with van der Waals surface area (Å²) in [5, 5.41) is 2.78. The van der Waals surface area contributed by atoms with Gasteiger partial charge in [0.25, 0.3) is 6.43 Å². The van der Waals surface area contributed by atoms with Crippen molar-refractivity contribution in [2.75, 3.05) is 11.9 Å². The predicted octanol–water partition coefficient (Wildman–Crippen LogP) is 3.24. The van der Waals surface area contributed by atoms with Crippen LogP contribution >= 0.6 is 0 Å². The maximum absolute atomic E-state index is 12.4. The number of nitrogens with one attached hydrogen (secondary N) is 1. The van der Waals surface area contributed by atoms with Crippen molar-refractivity contribution in [3.8, 4) is 5.75 Å². The van der Waals surface area contributed by atoms with Gasteiger partial charge >= 0.3 is 0 Å². The van der Waals surface area contributed by atoms with E-state index >= 15 is 0 Å². The summed E-state index contributed by atoms with van der Waals surface area (Å²) in [5.41, 5.74) is 6.58. The summed E-state index contributed by atoms with van der Waals surface area (Å²) in [5.74, 6) is 0.115. The van der Waals surface area contributed by atoms with Crippen molar-refractivity contribution in [3.05, 3.63) is 23.8 Å². The van der Waals surface area contributed by atoms with E-state index in [2.05, 4.69) is 5.32 Å². The smallest absolute Gasteiger partial charge is 0.272 e. The topological polar surface area (TPSA) is 64.4 Å². The zero-order valence-electron chi connectivity index (χ0n) is 12.7. The largest absolute Gasteiger partial charge is 0.487 e. The normalized spacial score (nSPS) is 17.3. The average Bonchev–Trinajstić information content (AvgIpc) is 2.48. The summed E-state index contributed by atoms with van der Waals surface area (Å²) in [6, 6.07) is 5.00. The molecule has 1 aromatic carbocycles. The molecule has 0 spiro atoms. The molecule has 0 aliphatic heterocycles. The van der Waals surface area contributed by atoms with E-state index in [1.165, 1.54) is 0 Å². The van der Waals surface area contributed by atoms with Crippen LogP contribution in [0.4, 0.5) is 14.5 Å². The van der Waals surface area contributed by atoms with Gasteiger partial charge in [-0.15, -0.1) is 0 Å². The molecule has 3 N–H and O–H groups in total. The Bertz CT molecular complexity index is 529. The van der Waals surface area contributed by atoms with Crippen LogP contribution in [0.15, 0.2) is 18.2 Å². The molecule has 2 rings (SSSR count). The predicted molar refractivity (Wildman–Crippen MR) is 81.3 cm³/mol. The number of hydrogen-bond donors (Lipinski definition) is 2. The van der Waals surface area contributed by atoms with Crippen LogP contribution in [0, 0.1) is 6.92 Å². The number of halogens is 2. The molecule has 122 valence electrons. The first-order chi connectivity index (χ1) is 10.4. The minimum Gasteiger partial charge on any atom is -0.487 e. The zero-order chi connectivity index (χ0) is 16.2. The third-order valence-corrected chi connectivity index (χ3v) is 4.01. The molecule has 1 aliphatic carbocycles. The maximum atomic E-state index is 12.4. The van der Waals surface area contributed by atoms with Crippen LogP contribution in [-0.4, -0.2) is 24.5 Å². The Morgan fingerprint density at radius 1 is 1.36 bits per heavy atom. The van der Waals surface area contributed by atoms with Crippen molar-refractivity contribution >= 4 is 11.6 Å². The van der Waals surface area contributed by atoms with Gasteiger partial charge in [-0.05, 0) is 31.4 Å². The van der Waals surface area contributed by atoms with Crippen LogP contribution in [0.1, 0.15) is 37.7 Å². The van der Waals surface area contributed by atoms with Gasteiger partial charge in [0.2, 0.25) is 5.91 Å². The Morgan fingerprint density at radius 2 is 2.05 bits per heavy atom. The average molecular weight is 312 g/mol. The number of carbonyl (C=O) groups is 1. The molecule has 0 bridgehead atoms. The van der Waals surface area contributed by atoms with Crippen LogP contribution in [0.5, 0.6) is 5.75 Å². The van der Waals surface area contributed by atoms with Crippen molar-refractivity contribution in [2.45, 2.75) is 51.0 Å². The second kappa shape index (κ2) is 7.05. The van der Waals surface area contributed by atoms with Crippen LogP contribution in [0.3, 0.4) is 0 Å². The fourth-order valence-electron chi connectivity index (χ4n) is 2.65. The third kappa shape index (κ3) is 4.16. The molecule has 1 saturated carbocycles. The number of anilines is 1. The highest BCUT2D eigenvalue weighted by Crippen LogP contribution is 2.28. The molecule has 0 saturated heterocycles. The van der Waals surface area contributed by atoms with E-state index in [0.29, 0.717) is 24.3 Å². The Labute approximate surface area is 129 Å². The Morgan fingerprint density at radius 3 is 2.68 bits per heavy atom. The van der Waals surface area contributed by atoms with E-state index in [9.17, 15) is 13.6 Å². The quantitative estimate of drug-likeness (QED) is 0.877. The summed E-state index contributed by atoms with van der Waals surface area (Å²) < 4.78 is 29.5. The van der Waals surface area contributed by atoms with E-state index in [4.69, 9.17) is 10.5 Å². The van der Waals surface area contributed by atoms with Gasteiger partial charge in [-0.1, -0.05) is 25.3 Å². The number of amides is 1. The lowest BCUT2D eigenvalue weighted by Crippen LogP contribution is -2.52. The molecule has 1 amide bonds. The summed E-state index contributed by atoms with van der Waals surface area (Å²) in [4.78, 5) is 12.4. The highest BCUT2D eigenvalue weighted by atomic mass is 19.3. The second-order valence-electron chi connectivity index (χ2n) is 5.85. The van der Waals surface area contributed by atoms with Crippen LogP contribution in [0.25, 0.3) is 0 Å². The van der Waals surface area contributed by atoms with Crippen molar-refractivity contribution in [1.82, 2.24) is 0 Å². The Kier molecular flexibility index (Phi) is 5.34. The number of nitrogens with two attached hydrogens (primary N) is 1. The molecule has 0 aromatic heterocycles. The number of hydrogen-bond acceptors (Lipinski definition) is 3. The van der Waals surface area contributed by atoms with Crippen LogP contribution < -0.4 is 15.8 Å². The van der Waals surface area contributed by atoms with E-state index in [-0.39, 0.29) is 5.91 Å². The SMILES string of the molecule is Cc1ccc(NC(=O)C2(N)CCCCC2)cc1OCC(F)F. The number of alkyl halides is 2. The van der Waals surface area contributed by atoms with Crippen molar-refractivity contribution in [2.24, 2.45) is 5.73 Å². The molecule has 0 heterocycles. The van der Waals surface area contributed by atoms with Gasteiger partial charge in [0, 0.05) is 11.8 Å². The monoisotopic (exact) mass is 312 g/mol. The Hall–Kier alpha value is -1.69. The van der Waals surface area contributed by atoms with Crippen LogP contribution in [0.2, 0.25) is 0 Å². The van der Waals surface area contributed by atoms with Gasteiger partial charge in [0.1, 0.15) is 12.4 Å². The lowest BCUT2D eigenvalue weighted by molar-refractivity contribution is -0.122. The number of benzene rings is 1. The molecule has 1 aliphatic rings. The molecular formula is C16H22F2N2O2. The zero-order valence-corrected chi connectivity index (χ0v) is 12.7. The molecule has 6 heteroatoms. The molecule has 0 unspecified atom stereocenters. The van der Waals surface area contributed by atoms with Crippen molar-refractivity contribution < 1.29 is 18.3 Å². The molecule has 22 heavy (non-hydrogen) atoms. The summed E-state index contributed by atoms with van der Waals surface area (Å²) in [6.45, 7) is 1.09. The number of rotatable bonds is 5. The second-order valence-corrected chi connectivity index (χ2v) is 5.85. The van der Waals surface area contributed by atoms with E-state index in [0.717, 1.165) is 24.8 Å². The third-order valence-electron chi connectivity index (χ3n) is 4.01. The van der Waals surface area contributed by atoms with Gasteiger partial charge in [-0.25, -0.2) is 8.78 Å². The van der Waals surface area contributed by atoms with Gasteiger partial charge in [0.15, 0.2) is 0 Å². The molecular weight excluding hydrogens is 290 g/mol. The number of aryl methyl sites for hydroxylation is 1. The highest BCUT2D eigenvalue weighted by Gasteiger charge is 2.35. The highest BCUT2D eigenvalue weighted by molar-refractivity contribution is 5.98. The van der Waals surface area contributed by atoms with Crippen molar-refractivity contribution in [1.29, 1.82) is 0 Å². The molecule has 1 aromatic rings. The van der Waals surface area contributed by atoms with Crippen LogP contribution in [-0.2, 0) is 4.79 Å². The van der Waals surface area contributed by atoms with Crippen molar-refractivity contribution in [3.63, 3.8) is 0 Å². The standard InChI is InChI=1S/C16H22F2N2O2/c1-11-5-6-12(9-13(11)22-10-14(17)18)20-15(21)16(19)7-3-2-4-8-16/h5-6,9,14H,2-4,7-8,10,19H2,1H3,(H,20,21). The fraction of sp³-hybridized carbons (Fsp3) is 0.562. The van der Waals surface area contributed by atoms with Gasteiger partial charge in [0.05, 0.1) is 5.54 Å². The lowest BCUT2D eigenvalue weighted by atomic mass is 9.82. The first-order valence-electron chi connectivity index (χ1n) is 7.53. The number of ether oxygens (including phenoxy) is 1. The Balaban J connectivity index is 2.05. The lowest BCUT2D eigenvalue weighted by Gasteiger charge is -2.31. The minimum atomic E-state index is -2.54. The van der Waals surface area contributed by atoms with E-state index < -0.39 is 18.6 Å². The van der Waals surface area contributed by atoms with Gasteiger partial charge < -0.3 is 15.8 Å². The first kappa shape index (κ1) is 16.7. The fourth-order valence-corrected chi connectivity index (χ4v) is 2.65. The first-order valence-corrected chi connectivity index (χ1v) is 7.53. The van der Waals surface area contributed by atoms with E-state index in [1.54, 1.807) is 25.1 Å². The van der Waals surface area contributed by atoms with E-state index in [1.807, 2.05) is 0 Å². The molecule has 4 nitrogen and oxygen atoms in total. The van der Waals surface area contributed by atoms with Gasteiger partial charge in [-0.2, -0.15) is 0 Å². The molecule has 0 radical (unpaired) electrons. The molecule has 0 atom stereocenters. The van der Waals surface area contributed by atoms with Gasteiger partial charge in [-0.3, -0.25) is 4.79 Å². The summed E-state index contributed by atoms with van der Waals surface area (Å²) in [7, 11) is 0. The number of carbonyl (C=O) groups excluding carboxylic acids is 1. The maximum Gasteiger partial charge on any atom is 0.272 e. The molecule has 1 fully saturated rings. The minimum absolute atomic E-state index is 0.226.